The van der Waals surface area contributed by atoms with Crippen LogP contribution in [0.1, 0.15) is 12.8 Å². The van der Waals surface area contributed by atoms with E-state index in [1.165, 1.54) is 0 Å². The SMILES string of the molecule is NC[C@@H]1[C@@H](O)[C@@H](O)[C@H]2[C@@H](O)CCCN21. The van der Waals surface area contributed by atoms with E-state index < -0.39 is 18.3 Å². The molecule has 2 fully saturated rings. The molecular weight excluding hydrogens is 184 g/mol. The van der Waals surface area contributed by atoms with Gasteiger partial charge in [-0.2, -0.15) is 0 Å². The van der Waals surface area contributed by atoms with Crippen LogP contribution in [0.2, 0.25) is 0 Å². The maximum atomic E-state index is 9.76. The summed E-state index contributed by atoms with van der Waals surface area (Å²) in [6, 6.07) is -0.530. The fourth-order valence-electron chi connectivity index (χ4n) is 2.74. The van der Waals surface area contributed by atoms with Crippen LogP contribution in [-0.2, 0) is 0 Å². The van der Waals surface area contributed by atoms with Crippen molar-refractivity contribution in [3.63, 3.8) is 0 Å². The van der Waals surface area contributed by atoms with Crippen LogP contribution >= 0.6 is 0 Å². The van der Waals surface area contributed by atoms with Gasteiger partial charge < -0.3 is 21.1 Å². The van der Waals surface area contributed by atoms with E-state index in [4.69, 9.17) is 5.73 Å². The number of hydrogen-bond donors (Lipinski definition) is 4. The molecule has 2 aliphatic rings. The Bertz CT molecular complexity index is 214. The van der Waals surface area contributed by atoms with E-state index in [0.29, 0.717) is 13.0 Å². The molecule has 0 aromatic carbocycles. The zero-order chi connectivity index (χ0) is 10.3. The fourth-order valence-corrected chi connectivity index (χ4v) is 2.74. The molecule has 0 amide bonds. The van der Waals surface area contributed by atoms with Crippen LogP contribution in [-0.4, -0.2) is 63.7 Å². The van der Waals surface area contributed by atoms with Crippen molar-refractivity contribution in [2.45, 2.75) is 43.2 Å². The number of hydrogen-bond acceptors (Lipinski definition) is 5. The highest BCUT2D eigenvalue weighted by atomic mass is 16.3. The lowest BCUT2D eigenvalue weighted by Gasteiger charge is -2.37. The summed E-state index contributed by atoms with van der Waals surface area (Å²) in [6.45, 7) is 1.12. The summed E-state index contributed by atoms with van der Waals surface area (Å²) in [4.78, 5) is 1.95. The van der Waals surface area contributed by atoms with E-state index in [1.54, 1.807) is 0 Å². The minimum atomic E-state index is -0.862. The van der Waals surface area contributed by atoms with Gasteiger partial charge in [-0.3, -0.25) is 4.90 Å². The Labute approximate surface area is 83.1 Å². The summed E-state index contributed by atoms with van der Waals surface area (Å²) in [7, 11) is 0. The zero-order valence-electron chi connectivity index (χ0n) is 8.08. The second kappa shape index (κ2) is 3.75. The monoisotopic (exact) mass is 202 g/mol. The molecule has 5 nitrogen and oxygen atoms in total. The van der Waals surface area contributed by atoms with Crippen LogP contribution in [0, 0.1) is 0 Å². The predicted molar refractivity (Wildman–Crippen MR) is 50.6 cm³/mol. The Balaban J connectivity index is 2.19. The second-order valence-corrected chi connectivity index (χ2v) is 4.22. The van der Waals surface area contributed by atoms with E-state index in [9.17, 15) is 15.3 Å². The number of aliphatic hydroxyl groups excluding tert-OH is 3. The third-order valence-corrected chi connectivity index (χ3v) is 3.45. The lowest BCUT2D eigenvalue weighted by molar-refractivity contribution is -0.0290. The standard InChI is InChI=1S/C9H18N2O3/c10-4-5-8(13)9(14)7-6(12)2-1-3-11(5)7/h5-9,12-14H,1-4,10H2/t5-,6+,7-,8-,9+/m1/s1. The fraction of sp³-hybridized carbons (Fsp3) is 1.00. The van der Waals surface area contributed by atoms with E-state index in [0.717, 1.165) is 13.0 Å². The number of nitrogens with two attached hydrogens (primary N) is 1. The second-order valence-electron chi connectivity index (χ2n) is 4.22. The summed E-state index contributed by atoms with van der Waals surface area (Å²) >= 11 is 0. The first-order chi connectivity index (χ1) is 6.66. The molecule has 2 heterocycles. The average molecular weight is 202 g/mol. The Kier molecular flexibility index (Phi) is 2.77. The van der Waals surface area contributed by atoms with Gasteiger partial charge in [-0.1, -0.05) is 0 Å². The average Bonchev–Trinajstić information content (AvgIpc) is 2.41. The van der Waals surface area contributed by atoms with Crippen LogP contribution in [0.15, 0.2) is 0 Å². The lowest BCUT2D eigenvalue weighted by Crippen LogP contribution is -2.51. The molecule has 0 aromatic rings. The Morgan fingerprint density at radius 2 is 1.93 bits per heavy atom. The van der Waals surface area contributed by atoms with Gasteiger partial charge in [-0.25, -0.2) is 0 Å². The topological polar surface area (TPSA) is 90.0 Å². The number of aliphatic hydroxyl groups is 3. The highest BCUT2D eigenvalue weighted by Crippen LogP contribution is 2.31. The Morgan fingerprint density at radius 1 is 1.21 bits per heavy atom. The highest BCUT2D eigenvalue weighted by Gasteiger charge is 2.50. The van der Waals surface area contributed by atoms with Crippen molar-refractivity contribution in [3.05, 3.63) is 0 Å². The van der Waals surface area contributed by atoms with Crippen LogP contribution < -0.4 is 5.73 Å². The molecule has 0 aromatic heterocycles. The molecule has 0 bridgehead atoms. The van der Waals surface area contributed by atoms with Crippen LogP contribution in [0.4, 0.5) is 0 Å². The van der Waals surface area contributed by atoms with E-state index in [1.807, 2.05) is 4.90 Å². The van der Waals surface area contributed by atoms with Crippen LogP contribution in [0.5, 0.6) is 0 Å². The lowest BCUT2D eigenvalue weighted by atomic mass is 9.97. The molecule has 5 heteroatoms. The number of rotatable bonds is 1. The van der Waals surface area contributed by atoms with Crippen LogP contribution in [0.3, 0.4) is 0 Å². The van der Waals surface area contributed by atoms with Gasteiger partial charge in [-0.15, -0.1) is 0 Å². The summed E-state index contributed by atoms with van der Waals surface area (Å²) in [5, 5.41) is 29.2. The zero-order valence-corrected chi connectivity index (χ0v) is 8.08. The number of fused-ring (bicyclic) bond motifs is 1. The van der Waals surface area contributed by atoms with Gasteiger partial charge in [-0.05, 0) is 19.4 Å². The summed E-state index contributed by atoms with van der Waals surface area (Å²) in [6.07, 6.45) is -0.628. The van der Waals surface area contributed by atoms with Crippen LogP contribution in [0.25, 0.3) is 0 Å². The molecule has 5 atom stereocenters. The molecule has 2 rings (SSSR count). The maximum Gasteiger partial charge on any atom is 0.0995 e. The normalized spacial score (nSPS) is 49.3. The van der Waals surface area contributed by atoms with Gasteiger partial charge in [0.2, 0.25) is 0 Å². The van der Waals surface area contributed by atoms with Gasteiger partial charge in [0.05, 0.1) is 30.4 Å². The molecule has 0 spiro atoms. The largest absolute Gasteiger partial charge is 0.391 e. The first-order valence-electron chi connectivity index (χ1n) is 5.17. The Morgan fingerprint density at radius 3 is 2.57 bits per heavy atom. The first-order valence-corrected chi connectivity index (χ1v) is 5.17. The molecule has 0 radical (unpaired) electrons. The molecule has 0 saturated carbocycles. The van der Waals surface area contributed by atoms with Crippen molar-refractivity contribution >= 4 is 0 Å². The molecule has 82 valence electrons. The van der Waals surface area contributed by atoms with Crippen molar-refractivity contribution in [1.29, 1.82) is 0 Å². The van der Waals surface area contributed by atoms with Gasteiger partial charge in [0.15, 0.2) is 0 Å². The molecule has 5 N–H and O–H groups in total. The third kappa shape index (κ3) is 1.36. The van der Waals surface area contributed by atoms with Gasteiger partial charge in [0.1, 0.15) is 0 Å². The van der Waals surface area contributed by atoms with E-state index >= 15 is 0 Å². The van der Waals surface area contributed by atoms with Crippen molar-refractivity contribution in [2.75, 3.05) is 13.1 Å². The minimum absolute atomic E-state index is 0.204. The first kappa shape index (κ1) is 10.3. The molecule has 0 aliphatic carbocycles. The van der Waals surface area contributed by atoms with Crippen molar-refractivity contribution < 1.29 is 15.3 Å². The molecule has 14 heavy (non-hydrogen) atoms. The summed E-state index contributed by atoms with van der Waals surface area (Å²) in [5.41, 5.74) is 5.54. The Hall–Kier alpha value is -0.200. The molecule has 2 aliphatic heterocycles. The summed E-state index contributed by atoms with van der Waals surface area (Å²) in [5.74, 6) is 0. The third-order valence-electron chi connectivity index (χ3n) is 3.45. The van der Waals surface area contributed by atoms with Crippen molar-refractivity contribution in [2.24, 2.45) is 5.73 Å². The maximum absolute atomic E-state index is 9.76. The highest BCUT2D eigenvalue weighted by molar-refractivity contribution is 5.05. The van der Waals surface area contributed by atoms with Crippen molar-refractivity contribution in [3.8, 4) is 0 Å². The van der Waals surface area contributed by atoms with Gasteiger partial charge in [0, 0.05) is 6.54 Å². The molecular formula is C9H18N2O3. The smallest absolute Gasteiger partial charge is 0.0995 e. The van der Waals surface area contributed by atoms with E-state index in [-0.39, 0.29) is 12.1 Å². The number of nitrogens with zero attached hydrogens (tertiary/aromatic N) is 1. The summed E-state index contributed by atoms with van der Waals surface area (Å²) < 4.78 is 0. The van der Waals surface area contributed by atoms with E-state index in [2.05, 4.69) is 0 Å². The van der Waals surface area contributed by atoms with Gasteiger partial charge in [0.25, 0.3) is 0 Å². The molecule has 2 saturated heterocycles. The van der Waals surface area contributed by atoms with Gasteiger partial charge >= 0.3 is 0 Å². The minimum Gasteiger partial charge on any atom is -0.391 e. The number of piperidine rings is 1. The van der Waals surface area contributed by atoms with Crippen molar-refractivity contribution in [1.82, 2.24) is 4.90 Å². The molecule has 0 unspecified atom stereocenters. The predicted octanol–water partition coefficient (Wildman–Crippen LogP) is -2.13. The quantitative estimate of drug-likeness (QED) is 0.390.